The summed E-state index contributed by atoms with van der Waals surface area (Å²) in [7, 11) is 0. The molecule has 18 heavy (non-hydrogen) atoms. The van der Waals surface area contributed by atoms with Gasteiger partial charge in [0.1, 0.15) is 0 Å². The van der Waals surface area contributed by atoms with Gasteiger partial charge >= 0.3 is 5.97 Å². The molecule has 0 spiro atoms. The molecule has 4 nitrogen and oxygen atoms in total. The van der Waals surface area contributed by atoms with Gasteiger partial charge < -0.3 is 9.47 Å². The zero-order chi connectivity index (χ0) is 13.2. The molecule has 0 aliphatic carbocycles. The van der Waals surface area contributed by atoms with Crippen molar-refractivity contribution < 1.29 is 14.3 Å². The van der Waals surface area contributed by atoms with Crippen molar-refractivity contribution in [2.24, 2.45) is 0 Å². The first-order valence-electron chi connectivity index (χ1n) is 7.25. The van der Waals surface area contributed by atoms with Crippen molar-refractivity contribution in [3.63, 3.8) is 0 Å². The Balaban J connectivity index is 2.17. The molecular weight excluding hydrogens is 230 g/mol. The van der Waals surface area contributed by atoms with E-state index < -0.39 is 0 Å². The van der Waals surface area contributed by atoms with Crippen molar-refractivity contribution in [1.82, 2.24) is 4.90 Å². The predicted octanol–water partition coefficient (Wildman–Crippen LogP) is 2.22. The molecule has 0 bridgehead atoms. The Morgan fingerprint density at radius 2 is 2.22 bits per heavy atom. The summed E-state index contributed by atoms with van der Waals surface area (Å²) in [6, 6.07) is 0. The van der Waals surface area contributed by atoms with Crippen molar-refractivity contribution in [2.75, 3.05) is 32.8 Å². The lowest BCUT2D eigenvalue weighted by Gasteiger charge is -2.21. The average molecular weight is 257 g/mol. The van der Waals surface area contributed by atoms with Crippen LogP contribution in [-0.4, -0.2) is 49.8 Å². The quantitative estimate of drug-likeness (QED) is 0.594. The van der Waals surface area contributed by atoms with Gasteiger partial charge in [-0.2, -0.15) is 0 Å². The van der Waals surface area contributed by atoms with Gasteiger partial charge in [0, 0.05) is 6.61 Å². The van der Waals surface area contributed by atoms with Crippen LogP contribution in [0.2, 0.25) is 0 Å². The minimum Gasteiger partial charge on any atom is -0.465 e. The summed E-state index contributed by atoms with van der Waals surface area (Å²) in [5.41, 5.74) is 0. The van der Waals surface area contributed by atoms with E-state index in [1.54, 1.807) is 0 Å². The summed E-state index contributed by atoms with van der Waals surface area (Å²) in [6.45, 7) is 7.72. The van der Waals surface area contributed by atoms with E-state index in [0.717, 1.165) is 39.0 Å². The summed E-state index contributed by atoms with van der Waals surface area (Å²) >= 11 is 0. The molecule has 106 valence electrons. The minimum atomic E-state index is -0.108. The summed E-state index contributed by atoms with van der Waals surface area (Å²) in [5.74, 6) is -0.108. The highest BCUT2D eigenvalue weighted by atomic mass is 16.5. The summed E-state index contributed by atoms with van der Waals surface area (Å²) in [5, 5.41) is 0. The Morgan fingerprint density at radius 1 is 1.39 bits per heavy atom. The third-order valence-electron chi connectivity index (χ3n) is 3.22. The van der Waals surface area contributed by atoms with Crippen molar-refractivity contribution in [1.29, 1.82) is 0 Å². The molecule has 0 radical (unpaired) electrons. The third kappa shape index (κ3) is 6.36. The SMILES string of the molecule is CCCN(CCCC1CCCO1)CC(=O)OCC. The number of esters is 1. The fourth-order valence-electron chi connectivity index (χ4n) is 2.39. The van der Waals surface area contributed by atoms with Crippen LogP contribution in [0.15, 0.2) is 0 Å². The van der Waals surface area contributed by atoms with Crippen molar-refractivity contribution in [3.8, 4) is 0 Å². The van der Waals surface area contributed by atoms with E-state index in [4.69, 9.17) is 9.47 Å². The molecule has 0 saturated carbocycles. The normalized spacial score (nSPS) is 19.4. The van der Waals surface area contributed by atoms with Crippen LogP contribution in [0, 0.1) is 0 Å². The maximum absolute atomic E-state index is 11.5. The first kappa shape index (κ1) is 15.4. The van der Waals surface area contributed by atoms with E-state index >= 15 is 0 Å². The molecule has 0 aromatic carbocycles. The molecule has 0 aromatic heterocycles. The van der Waals surface area contributed by atoms with E-state index in [1.807, 2.05) is 6.92 Å². The van der Waals surface area contributed by atoms with Crippen LogP contribution < -0.4 is 0 Å². The van der Waals surface area contributed by atoms with E-state index in [9.17, 15) is 4.79 Å². The van der Waals surface area contributed by atoms with E-state index in [2.05, 4.69) is 11.8 Å². The van der Waals surface area contributed by atoms with Gasteiger partial charge in [0.15, 0.2) is 0 Å². The first-order chi connectivity index (χ1) is 8.76. The van der Waals surface area contributed by atoms with Gasteiger partial charge in [-0.15, -0.1) is 0 Å². The Morgan fingerprint density at radius 3 is 2.83 bits per heavy atom. The highest BCUT2D eigenvalue weighted by Crippen LogP contribution is 2.16. The molecule has 1 heterocycles. The number of carbonyl (C=O) groups excluding carboxylic acids is 1. The van der Waals surface area contributed by atoms with Crippen molar-refractivity contribution in [2.45, 2.75) is 52.1 Å². The Labute approximate surface area is 111 Å². The Bertz CT molecular complexity index is 227. The Hall–Kier alpha value is -0.610. The molecule has 0 amide bonds. The molecule has 1 saturated heterocycles. The van der Waals surface area contributed by atoms with Gasteiger partial charge in [-0.25, -0.2) is 0 Å². The fourth-order valence-corrected chi connectivity index (χ4v) is 2.39. The third-order valence-corrected chi connectivity index (χ3v) is 3.22. The van der Waals surface area contributed by atoms with Crippen LogP contribution in [0.3, 0.4) is 0 Å². The lowest BCUT2D eigenvalue weighted by Crippen LogP contribution is -2.33. The van der Waals surface area contributed by atoms with Crippen LogP contribution in [0.1, 0.15) is 46.0 Å². The smallest absolute Gasteiger partial charge is 0.320 e. The highest BCUT2D eigenvalue weighted by molar-refractivity contribution is 5.71. The monoisotopic (exact) mass is 257 g/mol. The summed E-state index contributed by atoms with van der Waals surface area (Å²) < 4.78 is 10.6. The second-order valence-electron chi connectivity index (χ2n) is 4.86. The largest absolute Gasteiger partial charge is 0.465 e. The maximum atomic E-state index is 11.5. The second-order valence-corrected chi connectivity index (χ2v) is 4.86. The summed E-state index contributed by atoms with van der Waals surface area (Å²) in [6.07, 6.45) is 6.14. The van der Waals surface area contributed by atoms with Crippen LogP contribution in [0.4, 0.5) is 0 Å². The minimum absolute atomic E-state index is 0.108. The molecule has 0 aromatic rings. The van der Waals surface area contributed by atoms with Gasteiger partial charge in [0.2, 0.25) is 0 Å². The van der Waals surface area contributed by atoms with Gasteiger partial charge in [0.25, 0.3) is 0 Å². The fraction of sp³-hybridized carbons (Fsp3) is 0.929. The average Bonchev–Trinajstić information content (AvgIpc) is 2.82. The van der Waals surface area contributed by atoms with Gasteiger partial charge in [-0.3, -0.25) is 9.69 Å². The lowest BCUT2D eigenvalue weighted by molar-refractivity contribution is -0.144. The molecule has 1 rings (SSSR count). The molecule has 1 aliphatic rings. The van der Waals surface area contributed by atoms with E-state index in [0.29, 0.717) is 19.3 Å². The number of carbonyl (C=O) groups is 1. The standard InChI is InChI=1S/C14H27NO3/c1-3-9-15(12-14(16)17-4-2)10-5-7-13-8-6-11-18-13/h13H,3-12H2,1-2H3. The zero-order valence-corrected chi connectivity index (χ0v) is 11.8. The predicted molar refractivity (Wildman–Crippen MR) is 71.6 cm³/mol. The van der Waals surface area contributed by atoms with Crippen LogP contribution >= 0.6 is 0 Å². The number of rotatable bonds is 9. The van der Waals surface area contributed by atoms with E-state index in [-0.39, 0.29) is 5.97 Å². The van der Waals surface area contributed by atoms with Crippen molar-refractivity contribution >= 4 is 5.97 Å². The first-order valence-corrected chi connectivity index (χ1v) is 7.25. The molecule has 1 aliphatic heterocycles. The van der Waals surface area contributed by atoms with Crippen LogP contribution in [-0.2, 0) is 14.3 Å². The number of hydrogen-bond acceptors (Lipinski definition) is 4. The second kappa shape index (κ2) is 9.34. The van der Waals surface area contributed by atoms with Gasteiger partial charge in [-0.05, 0) is 52.1 Å². The van der Waals surface area contributed by atoms with Gasteiger partial charge in [0.05, 0.1) is 19.3 Å². The Kier molecular flexibility index (Phi) is 8.01. The highest BCUT2D eigenvalue weighted by Gasteiger charge is 2.16. The molecular formula is C14H27NO3. The van der Waals surface area contributed by atoms with E-state index in [1.165, 1.54) is 12.8 Å². The molecule has 4 heteroatoms. The number of nitrogens with zero attached hydrogens (tertiary/aromatic N) is 1. The summed E-state index contributed by atoms with van der Waals surface area (Å²) in [4.78, 5) is 13.6. The van der Waals surface area contributed by atoms with Crippen molar-refractivity contribution in [3.05, 3.63) is 0 Å². The molecule has 1 unspecified atom stereocenters. The molecule has 1 atom stereocenters. The number of hydrogen-bond donors (Lipinski definition) is 0. The zero-order valence-electron chi connectivity index (χ0n) is 11.8. The number of ether oxygens (including phenoxy) is 2. The maximum Gasteiger partial charge on any atom is 0.320 e. The lowest BCUT2D eigenvalue weighted by atomic mass is 10.1. The van der Waals surface area contributed by atoms with Crippen LogP contribution in [0.5, 0.6) is 0 Å². The van der Waals surface area contributed by atoms with Gasteiger partial charge in [-0.1, -0.05) is 6.92 Å². The topological polar surface area (TPSA) is 38.8 Å². The molecule has 1 fully saturated rings. The molecule has 0 N–H and O–H groups in total. The van der Waals surface area contributed by atoms with Crippen LogP contribution in [0.25, 0.3) is 0 Å².